The number of rotatable bonds is 4. The van der Waals surface area contributed by atoms with Gasteiger partial charge in [0.2, 0.25) is 0 Å². The Balaban J connectivity index is 3.29. The Hall–Kier alpha value is -1.02. The van der Waals surface area contributed by atoms with E-state index in [4.69, 9.17) is 4.74 Å². The maximum atomic E-state index is 9.39. The van der Waals surface area contributed by atoms with Crippen molar-refractivity contribution < 1.29 is 9.84 Å². The molecule has 0 saturated carbocycles. The summed E-state index contributed by atoms with van der Waals surface area (Å²) in [5, 5.41) is 9.39. The number of hydrogen-bond acceptors (Lipinski definition) is 2. The minimum atomic E-state index is -0.208. The first kappa shape index (κ1) is 12.1. The van der Waals surface area contributed by atoms with Crippen LogP contribution in [0.2, 0.25) is 0 Å². The molecule has 0 aromatic heterocycles. The largest absolute Gasteiger partial charge is 0.496 e. The highest BCUT2D eigenvalue weighted by Crippen LogP contribution is 2.31. The quantitative estimate of drug-likeness (QED) is 0.824. The molecule has 0 radical (unpaired) electrons. The summed E-state index contributed by atoms with van der Waals surface area (Å²) in [5.74, 6) is 0.913. The fourth-order valence-corrected chi connectivity index (χ4v) is 1.84. The van der Waals surface area contributed by atoms with Crippen molar-refractivity contribution in [1.82, 2.24) is 0 Å². The molecule has 2 nitrogen and oxygen atoms in total. The van der Waals surface area contributed by atoms with E-state index in [2.05, 4.69) is 13.0 Å². The molecule has 0 aliphatic heterocycles. The van der Waals surface area contributed by atoms with E-state index in [1.807, 2.05) is 26.0 Å². The van der Waals surface area contributed by atoms with E-state index in [1.165, 1.54) is 11.1 Å². The SMILES string of the molecule is CCc1c(OC)cccc1C(C)(C)CO. The average molecular weight is 208 g/mol. The summed E-state index contributed by atoms with van der Waals surface area (Å²) in [5.41, 5.74) is 2.16. The maximum absolute atomic E-state index is 9.39. The van der Waals surface area contributed by atoms with Crippen molar-refractivity contribution in [3.05, 3.63) is 29.3 Å². The van der Waals surface area contributed by atoms with E-state index < -0.39 is 0 Å². The van der Waals surface area contributed by atoms with Gasteiger partial charge < -0.3 is 9.84 Å². The van der Waals surface area contributed by atoms with Gasteiger partial charge in [-0.15, -0.1) is 0 Å². The van der Waals surface area contributed by atoms with Crippen molar-refractivity contribution in [1.29, 1.82) is 0 Å². The third-order valence-electron chi connectivity index (χ3n) is 2.83. The standard InChI is InChI=1S/C13H20O2/c1-5-10-11(13(2,3)9-14)7-6-8-12(10)15-4/h6-8,14H,5,9H2,1-4H3. The Bertz CT molecular complexity index is 329. The fourth-order valence-electron chi connectivity index (χ4n) is 1.84. The Morgan fingerprint density at radius 1 is 1.33 bits per heavy atom. The lowest BCUT2D eigenvalue weighted by Crippen LogP contribution is -2.24. The molecule has 1 aromatic carbocycles. The summed E-state index contributed by atoms with van der Waals surface area (Å²) in [6.07, 6.45) is 0.919. The molecular formula is C13H20O2. The molecule has 1 rings (SSSR count). The first-order chi connectivity index (χ1) is 7.06. The summed E-state index contributed by atoms with van der Waals surface area (Å²) < 4.78 is 5.33. The molecule has 0 saturated heterocycles. The number of aliphatic hydroxyl groups excluding tert-OH is 1. The van der Waals surface area contributed by atoms with Crippen molar-refractivity contribution in [2.45, 2.75) is 32.6 Å². The summed E-state index contributed by atoms with van der Waals surface area (Å²) in [6, 6.07) is 6.01. The topological polar surface area (TPSA) is 29.5 Å². The van der Waals surface area contributed by atoms with Crippen LogP contribution in [-0.4, -0.2) is 18.8 Å². The van der Waals surface area contributed by atoms with E-state index in [9.17, 15) is 5.11 Å². The molecule has 0 bridgehead atoms. The molecule has 0 amide bonds. The second kappa shape index (κ2) is 4.67. The van der Waals surface area contributed by atoms with Crippen molar-refractivity contribution in [3.8, 4) is 5.75 Å². The highest BCUT2D eigenvalue weighted by molar-refractivity contribution is 5.43. The molecule has 1 aromatic rings. The molecule has 1 N–H and O–H groups in total. The summed E-state index contributed by atoms with van der Waals surface area (Å²) >= 11 is 0. The first-order valence-corrected chi connectivity index (χ1v) is 5.34. The van der Waals surface area contributed by atoms with Crippen LogP contribution in [0, 0.1) is 0 Å². The lowest BCUT2D eigenvalue weighted by atomic mass is 9.81. The molecule has 0 fully saturated rings. The van der Waals surface area contributed by atoms with E-state index in [0.29, 0.717) is 0 Å². The number of benzene rings is 1. The number of aliphatic hydroxyl groups is 1. The third-order valence-corrected chi connectivity index (χ3v) is 2.83. The zero-order valence-electron chi connectivity index (χ0n) is 10.0. The predicted molar refractivity (Wildman–Crippen MR) is 62.5 cm³/mol. The zero-order valence-corrected chi connectivity index (χ0v) is 10.0. The molecule has 0 unspecified atom stereocenters. The molecule has 0 spiro atoms. The van der Waals surface area contributed by atoms with Gasteiger partial charge in [-0.2, -0.15) is 0 Å². The molecule has 0 aliphatic carbocycles. The second-order valence-electron chi connectivity index (χ2n) is 4.38. The molecule has 0 aliphatic rings. The Labute approximate surface area is 91.9 Å². The fraction of sp³-hybridized carbons (Fsp3) is 0.538. The first-order valence-electron chi connectivity index (χ1n) is 5.34. The minimum absolute atomic E-state index is 0.146. The maximum Gasteiger partial charge on any atom is 0.122 e. The van der Waals surface area contributed by atoms with Gasteiger partial charge in [0, 0.05) is 5.41 Å². The van der Waals surface area contributed by atoms with E-state index in [0.717, 1.165) is 12.2 Å². The van der Waals surface area contributed by atoms with Crippen molar-refractivity contribution in [3.63, 3.8) is 0 Å². The molecule has 0 atom stereocenters. The van der Waals surface area contributed by atoms with Crippen molar-refractivity contribution >= 4 is 0 Å². The summed E-state index contributed by atoms with van der Waals surface area (Å²) in [4.78, 5) is 0. The summed E-state index contributed by atoms with van der Waals surface area (Å²) in [6.45, 7) is 6.34. The van der Waals surface area contributed by atoms with Gasteiger partial charge in [-0.25, -0.2) is 0 Å². The second-order valence-corrected chi connectivity index (χ2v) is 4.38. The third kappa shape index (κ3) is 2.32. The van der Waals surface area contributed by atoms with Crippen molar-refractivity contribution in [2.24, 2.45) is 0 Å². The lowest BCUT2D eigenvalue weighted by Gasteiger charge is -2.26. The lowest BCUT2D eigenvalue weighted by molar-refractivity contribution is 0.217. The van der Waals surface area contributed by atoms with E-state index in [-0.39, 0.29) is 12.0 Å². The molecule has 84 valence electrons. The average Bonchev–Trinajstić information content (AvgIpc) is 2.27. The Morgan fingerprint density at radius 3 is 2.47 bits per heavy atom. The van der Waals surface area contributed by atoms with Crippen LogP contribution in [0.5, 0.6) is 5.75 Å². The van der Waals surface area contributed by atoms with E-state index in [1.54, 1.807) is 7.11 Å². The monoisotopic (exact) mass is 208 g/mol. The van der Waals surface area contributed by atoms with Gasteiger partial charge in [-0.05, 0) is 23.6 Å². The summed E-state index contributed by atoms with van der Waals surface area (Å²) in [7, 11) is 1.68. The van der Waals surface area contributed by atoms with Crippen LogP contribution in [0.15, 0.2) is 18.2 Å². The van der Waals surface area contributed by atoms with Crippen LogP contribution in [0.25, 0.3) is 0 Å². The molecule has 15 heavy (non-hydrogen) atoms. The van der Waals surface area contributed by atoms with Crippen LogP contribution in [-0.2, 0) is 11.8 Å². The minimum Gasteiger partial charge on any atom is -0.496 e. The van der Waals surface area contributed by atoms with Crippen LogP contribution in [0.3, 0.4) is 0 Å². The van der Waals surface area contributed by atoms with Gasteiger partial charge in [-0.1, -0.05) is 32.9 Å². The molecule has 2 heteroatoms. The van der Waals surface area contributed by atoms with Gasteiger partial charge in [-0.3, -0.25) is 0 Å². The smallest absolute Gasteiger partial charge is 0.122 e. The number of methoxy groups -OCH3 is 1. The van der Waals surface area contributed by atoms with Crippen molar-refractivity contribution in [2.75, 3.05) is 13.7 Å². The van der Waals surface area contributed by atoms with Gasteiger partial charge in [0.05, 0.1) is 13.7 Å². The highest BCUT2D eigenvalue weighted by atomic mass is 16.5. The normalized spacial score (nSPS) is 11.5. The Morgan fingerprint density at radius 2 is 2.00 bits per heavy atom. The van der Waals surface area contributed by atoms with Gasteiger partial charge in [0.25, 0.3) is 0 Å². The number of ether oxygens (including phenoxy) is 1. The van der Waals surface area contributed by atoms with E-state index >= 15 is 0 Å². The predicted octanol–water partition coefficient (Wildman–Crippen LogP) is 2.53. The van der Waals surface area contributed by atoms with Gasteiger partial charge >= 0.3 is 0 Å². The number of hydrogen-bond donors (Lipinski definition) is 1. The van der Waals surface area contributed by atoms with Crippen LogP contribution >= 0.6 is 0 Å². The van der Waals surface area contributed by atoms with Crippen LogP contribution < -0.4 is 4.74 Å². The van der Waals surface area contributed by atoms with Gasteiger partial charge in [0.1, 0.15) is 5.75 Å². The zero-order chi connectivity index (χ0) is 11.5. The highest BCUT2D eigenvalue weighted by Gasteiger charge is 2.23. The Kier molecular flexibility index (Phi) is 3.75. The van der Waals surface area contributed by atoms with Gasteiger partial charge in [0.15, 0.2) is 0 Å². The molecular weight excluding hydrogens is 188 g/mol. The molecule has 0 heterocycles. The van der Waals surface area contributed by atoms with Crippen LogP contribution in [0.4, 0.5) is 0 Å². The van der Waals surface area contributed by atoms with Crippen LogP contribution in [0.1, 0.15) is 31.9 Å².